The lowest BCUT2D eigenvalue weighted by Crippen LogP contribution is -2.21. The van der Waals surface area contributed by atoms with Crippen molar-refractivity contribution in [3.63, 3.8) is 0 Å². The Hall–Kier alpha value is -3.30. The van der Waals surface area contributed by atoms with Gasteiger partial charge in [-0.05, 0) is 43.3 Å². The van der Waals surface area contributed by atoms with E-state index < -0.39 is 0 Å². The molecule has 0 saturated heterocycles. The second-order valence-electron chi connectivity index (χ2n) is 6.74. The van der Waals surface area contributed by atoms with Gasteiger partial charge in [0.25, 0.3) is 5.91 Å². The van der Waals surface area contributed by atoms with Crippen molar-refractivity contribution in [3.8, 4) is 17.1 Å². The summed E-state index contributed by atoms with van der Waals surface area (Å²) >= 11 is 4.77. The number of pyridine rings is 1. The first-order chi connectivity index (χ1) is 15.6. The van der Waals surface area contributed by atoms with Crippen LogP contribution in [0.4, 0.5) is 0 Å². The molecule has 0 atom stereocenters. The van der Waals surface area contributed by atoms with Crippen molar-refractivity contribution in [1.29, 1.82) is 0 Å². The lowest BCUT2D eigenvalue weighted by atomic mass is 10.2. The van der Waals surface area contributed by atoms with Gasteiger partial charge in [0.1, 0.15) is 0 Å². The molecule has 0 radical (unpaired) electrons. The molecule has 4 aromatic rings. The molecule has 0 spiro atoms. The van der Waals surface area contributed by atoms with Gasteiger partial charge in [-0.2, -0.15) is 5.10 Å². The summed E-state index contributed by atoms with van der Waals surface area (Å²) < 4.78 is 2.94. The van der Waals surface area contributed by atoms with Crippen LogP contribution < -0.4 is 5.43 Å². The molecule has 160 valence electrons. The molecule has 0 bridgehead atoms. The Morgan fingerprint density at radius 3 is 2.47 bits per heavy atom. The first kappa shape index (κ1) is 21.9. The molecule has 0 aliphatic rings. The number of thioether (sulfide) groups is 1. The third-order valence-electron chi connectivity index (χ3n) is 4.53. The number of halogens is 1. The number of benzene rings is 2. The van der Waals surface area contributed by atoms with E-state index in [9.17, 15) is 4.79 Å². The van der Waals surface area contributed by atoms with Crippen LogP contribution in [0.1, 0.15) is 12.5 Å². The van der Waals surface area contributed by atoms with E-state index in [1.165, 1.54) is 11.8 Å². The number of hydrogen-bond acceptors (Lipinski definition) is 6. The molecule has 2 aromatic carbocycles. The Morgan fingerprint density at radius 2 is 1.75 bits per heavy atom. The topological polar surface area (TPSA) is 85.1 Å². The van der Waals surface area contributed by atoms with E-state index >= 15 is 0 Å². The van der Waals surface area contributed by atoms with Crippen LogP contribution in [0.25, 0.3) is 17.1 Å². The molecule has 0 unspecified atom stereocenters. The zero-order valence-corrected chi connectivity index (χ0v) is 19.5. The van der Waals surface area contributed by atoms with Crippen molar-refractivity contribution in [3.05, 3.63) is 89.2 Å². The Labute approximate surface area is 198 Å². The number of nitrogens with zero attached hydrogens (tertiary/aromatic N) is 5. The highest BCUT2D eigenvalue weighted by atomic mass is 79.9. The van der Waals surface area contributed by atoms with Gasteiger partial charge in [-0.3, -0.25) is 14.3 Å². The number of carbonyl (C=O) groups is 1. The third kappa shape index (κ3) is 5.30. The Balaban J connectivity index is 1.52. The Morgan fingerprint density at radius 1 is 1.03 bits per heavy atom. The summed E-state index contributed by atoms with van der Waals surface area (Å²) in [4.78, 5) is 16.4. The Bertz CT molecular complexity index is 1230. The van der Waals surface area contributed by atoms with E-state index in [1.807, 2.05) is 78.2 Å². The average molecular weight is 507 g/mol. The zero-order chi connectivity index (χ0) is 22.3. The fraction of sp³-hybridized carbons (Fsp3) is 0.0870. The minimum atomic E-state index is -0.226. The maximum absolute atomic E-state index is 12.4. The van der Waals surface area contributed by atoms with Crippen molar-refractivity contribution >= 4 is 39.3 Å². The molecule has 2 aromatic heterocycles. The molecule has 2 heterocycles. The summed E-state index contributed by atoms with van der Waals surface area (Å²) in [6, 6.07) is 21.4. The summed E-state index contributed by atoms with van der Waals surface area (Å²) in [5, 5.41) is 13.5. The van der Waals surface area contributed by atoms with Gasteiger partial charge in [-0.15, -0.1) is 10.2 Å². The van der Waals surface area contributed by atoms with Gasteiger partial charge in [0, 0.05) is 33.7 Å². The minimum absolute atomic E-state index is 0.151. The molecule has 32 heavy (non-hydrogen) atoms. The van der Waals surface area contributed by atoms with Crippen molar-refractivity contribution in [1.82, 2.24) is 25.2 Å². The number of aromatic nitrogens is 4. The monoisotopic (exact) mass is 506 g/mol. The van der Waals surface area contributed by atoms with Gasteiger partial charge in [-0.1, -0.05) is 58.0 Å². The molecule has 1 N–H and O–H groups in total. The predicted octanol–water partition coefficient (Wildman–Crippen LogP) is 4.72. The van der Waals surface area contributed by atoms with Crippen LogP contribution in [0, 0.1) is 0 Å². The molecule has 0 aliphatic carbocycles. The van der Waals surface area contributed by atoms with Gasteiger partial charge in [0.2, 0.25) is 0 Å². The molecule has 0 aliphatic heterocycles. The van der Waals surface area contributed by atoms with Crippen LogP contribution in [0.3, 0.4) is 0 Å². The number of rotatable bonds is 7. The second kappa shape index (κ2) is 10.3. The van der Waals surface area contributed by atoms with Gasteiger partial charge in [-0.25, -0.2) is 5.43 Å². The summed E-state index contributed by atoms with van der Waals surface area (Å²) in [7, 11) is 0. The van der Waals surface area contributed by atoms with E-state index in [1.54, 1.807) is 12.4 Å². The minimum Gasteiger partial charge on any atom is -0.272 e. The van der Waals surface area contributed by atoms with Crippen molar-refractivity contribution in [2.45, 2.75) is 12.1 Å². The van der Waals surface area contributed by atoms with Crippen LogP contribution in [-0.4, -0.2) is 37.1 Å². The highest BCUT2D eigenvalue weighted by Crippen LogP contribution is 2.28. The molecule has 7 nitrogen and oxygen atoms in total. The number of carbonyl (C=O) groups excluding carboxylic acids is 1. The zero-order valence-electron chi connectivity index (χ0n) is 17.1. The lowest BCUT2D eigenvalue weighted by Gasteiger charge is -2.10. The summed E-state index contributed by atoms with van der Waals surface area (Å²) in [6.45, 7) is 1.83. The third-order valence-corrected chi connectivity index (χ3v) is 5.99. The molecule has 0 fully saturated rings. The quantitative estimate of drug-likeness (QED) is 0.222. The number of para-hydroxylation sites is 1. The van der Waals surface area contributed by atoms with Crippen LogP contribution in [0.2, 0.25) is 0 Å². The SMILES string of the molecule is CC(=NNC(=O)CSc1nnc(-c2ccc(Br)cc2)n1-c1ccccc1)c1ccncc1. The summed E-state index contributed by atoms with van der Waals surface area (Å²) in [5.41, 5.74) is 6.05. The normalized spacial score (nSPS) is 11.4. The molecular weight excluding hydrogens is 488 g/mol. The summed E-state index contributed by atoms with van der Waals surface area (Å²) in [6.07, 6.45) is 3.37. The fourth-order valence-electron chi connectivity index (χ4n) is 2.93. The largest absolute Gasteiger partial charge is 0.272 e. The van der Waals surface area contributed by atoms with Crippen molar-refractivity contribution in [2.75, 3.05) is 5.75 Å². The molecule has 9 heteroatoms. The number of hydrazone groups is 1. The second-order valence-corrected chi connectivity index (χ2v) is 8.60. The van der Waals surface area contributed by atoms with Crippen molar-refractivity contribution in [2.24, 2.45) is 5.10 Å². The van der Waals surface area contributed by atoms with Gasteiger partial charge in [0.15, 0.2) is 11.0 Å². The van der Waals surface area contributed by atoms with E-state index in [0.29, 0.717) is 16.7 Å². The van der Waals surface area contributed by atoms with Gasteiger partial charge >= 0.3 is 0 Å². The van der Waals surface area contributed by atoms with Crippen molar-refractivity contribution < 1.29 is 4.79 Å². The first-order valence-electron chi connectivity index (χ1n) is 9.75. The standard InChI is InChI=1S/C23H19BrN6OS/c1-16(17-11-13-25-14-12-17)26-27-21(31)15-32-23-29-28-22(18-7-9-19(24)10-8-18)30(23)20-5-3-2-4-6-20/h2-14H,15H2,1H3,(H,27,31). The molecule has 4 rings (SSSR count). The van der Waals surface area contributed by atoms with E-state index in [2.05, 4.69) is 41.6 Å². The van der Waals surface area contributed by atoms with E-state index in [4.69, 9.17) is 0 Å². The maximum atomic E-state index is 12.4. The number of hydrogen-bond donors (Lipinski definition) is 1. The highest BCUT2D eigenvalue weighted by molar-refractivity contribution is 9.10. The van der Waals surface area contributed by atoms with E-state index in [-0.39, 0.29) is 11.7 Å². The first-order valence-corrected chi connectivity index (χ1v) is 11.5. The number of amides is 1. The number of nitrogens with one attached hydrogen (secondary N) is 1. The van der Waals surface area contributed by atoms with Crippen LogP contribution in [0.5, 0.6) is 0 Å². The van der Waals surface area contributed by atoms with Crippen LogP contribution in [0.15, 0.2) is 93.9 Å². The maximum Gasteiger partial charge on any atom is 0.250 e. The summed E-state index contributed by atoms with van der Waals surface area (Å²) in [5.74, 6) is 0.632. The molecule has 1 amide bonds. The Kier molecular flexibility index (Phi) is 7.08. The van der Waals surface area contributed by atoms with Crippen LogP contribution in [-0.2, 0) is 4.79 Å². The fourth-order valence-corrected chi connectivity index (χ4v) is 3.93. The lowest BCUT2D eigenvalue weighted by molar-refractivity contribution is -0.118. The highest BCUT2D eigenvalue weighted by Gasteiger charge is 2.17. The predicted molar refractivity (Wildman–Crippen MR) is 130 cm³/mol. The van der Waals surface area contributed by atoms with Gasteiger partial charge < -0.3 is 0 Å². The molecule has 0 saturated carbocycles. The van der Waals surface area contributed by atoms with E-state index in [0.717, 1.165) is 21.3 Å². The average Bonchev–Trinajstić information content (AvgIpc) is 3.26. The molecular formula is C23H19BrN6OS. The smallest absolute Gasteiger partial charge is 0.250 e. The van der Waals surface area contributed by atoms with Gasteiger partial charge in [0.05, 0.1) is 11.5 Å². The van der Waals surface area contributed by atoms with Crippen LogP contribution >= 0.6 is 27.7 Å².